The molecule has 1 saturated carbocycles. The number of hydrogen-bond acceptors (Lipinski definition) is 3. The molecule has 0 aromatic heterocycles. The van der Waals surface area contributed by atoms with Gasteiger partial charge in [-0.05, 0) is 45.1 Å². The zero-order chi connectivity index (χ0) is 13.3. The van der Waals surface area contributed by atoms with Gasteiger partial charge in [0, 0.05) is 19.0 Å². The summed E-state index contributed by atoms with van der Waals surface area (Å²) in [4.78, 5) is 2.47. The van der Waals surface area contributed by atoms with Crippen molar-refractivity contribution in [1.82, 2.24) is 4.90 Å². The lowest BCUT2D eigenvalue weighted by molar-refractivity contribution is -0.0495. The van der Waals surface area contributed by atoms with Crippen molar-refractivity contribution in [2.45, 2.75) is 63.1 Å². The summed E-state index contributed by atoms with van der Waals surface area (Å²) < 4.78 is 6.38. The molecule has 0 radical (unpaired) electrons. The molecule has 2 saturated heterocycles. The number of amidine groups is 1. The maximum absolute atomic E-state index is 7.61. The molecular formula is C15H27N3O. The summed E-state index contributed by atoms with van der Waals surface area (Å²) >= 11 is 0. The first-order chi connectivity index (χ1) is 9.17. The van der Waals surface area contributed by atoms with Crippen molar-refractivity contribution in [2.75, 3.05) is 19.6 Å². The van der Waals surface area contributed by atoms with Gasteiger partial charge < -0.3 is 15.4 Å². The monoisotopic (exact) mass is 265 g/mol. The van der Waals surface area contributed by atoms with E-state index in [1.54, 1.807) is 0 Å². The third-order valence-electron chi connectivity index (χ3n) is 5.26. The summed E-state index contributed by atoms with van der Waals surface area (Å²) in [5.41, 5.74) is 5.91. The van der Waals surface area contributed by atoms with Crippen LogP contribution in [0.2, 0.25) is 0 Å². The summed E-state index contributed by atoms with van der Waals surface area (Å²) in [6, 6.07) is 0. The molecule has 0 amide bonds. The summed E-state index contributed by atoms with van der Waals surface area (Å²) in [6.07, 6.45) is 10.4. The molecule has 2 aliphatic heterocycles. The van der Waals surface area contributed by atoms with Crippen molar-refractivity contribution in [3.63, 3.8) is 0 Å². The molecule has 1 aliphatic carbocycles. The fourth-order valence-corrected chi connectivity index (χ4v) is 4.17. The van der Waals surface area contributed by atoms with Crippen LogP contribution in [-0.4, -0.2) is 42.1 Å². The van der Waals surface area contributed by atoms with Crippen LogP contribution in [-0.2, 0) is 4.74 Å². The largest absolute Gasteiger partial charge is 0.387 e. The Labute approximate surface area is 116 Å². The summed E-state index contributed by atoms with van der Waals surface area (Å²) in [7, 11) is 0. The number of nitrogens with one attached hydrogen (secondary N) is 1. The van der Waals surface area contributed by atoms with Crippen LogP contribution >= 0.6 is 0 Å². The molecule has 0 aromatic carbocycles. The van der Waals surface area contributed by atoms with Gasteiger partial charge in [-0.3, -0.25) is 5.41 Å². The fraction of sp³-hybridized carbons (Fsp3) is 0.933. The first kappa shape index (κ1) is 13.4. The number of likely N-dealkylation sites (tertiary alicyclic amines) is 1. The van der Waals surface area contributed by atoms with Gasteiger partial charge in [0.25, 0.3) is 0 Å². The molecule has 108 valence electrons. The first-order valence-corrected chi connectivity index (χ1v) is 7.91. The molecule has 3 N–H and O–H groups in total. The predicted octanol–water partition coefficient (Wildman–Crippen LogP) is 2.13. The highest BCUT2D eigenvalue weighted by Crippen LogP contribution is 2.43. The number of ether oxygens (including phenoxy) is 1. The maximum atomic E-state index is 7.61. The highest BCUT2D eigenvalue weighted by molar-refractivity contribution is 5.79. The van der Waals surface area contributed by atoms with Gasteiger partial charge in [-0.1, -0.05) is 12.8 Å². The van der Waals surface area contributed by atoms with Gasteiger partial charge in [-0.2, -0.15) is 0 Å². The number of piperidine rings is 1. The van der Waals surface area contributed by atoms with E-state index in [0.717, 1.165) is 26.1 Å². The second-order valence-corrected chi connectivity index (χ2v) is 6.72. The Kier molecular flexibility index (Phi) is 3.81. The van der Waals surface area contributed by atoms with E-state index in [0.29, 0.717) is 11.9 Å². The predicted molar refractivity (Wildman–Crippen MR) is 76.4 cm³/mol. The highest BCUT2D eigenvalue weighted by atomic mass is 16.5. The number of nitrogens with two attached hydrogens (primary N) is 1. The number of hydrogen-bond donors (Lipinski definition) is 2. The molecule has 2 unspecified atom stereocenters. The molecule has 2 atom stereocenters. The van der Waals surface area contributed by atoms with Crippen molar-refractivity contribution in [1.29, 1.82) is 5.41 Å². The number of nitrogens with zero attached hydrogens (tertiary/aromatic N) is 1. The lowest BCUT2D eigenvalue weighted by atomic mass is 9.96. The van der Waals surface area contributed by atoms with Gasteiger partial charge in [0.15, 0.2) is 0 Å². The zero-order valence-corrected chi connectivity index (χ0v) is 11.9. The lowest BCUT2D eigenvalue weighted by Gasteiger charge is -2.34. The number of rotatable bonds is 3. The smallest absolute Gasteiger partial charge is 0.0949 e. The minimum atomic E-state index is 0.250. The standard InChI is InChI=1S/C15H27N3O/c16-14(17)12-4-3-9-18(10-12)11-13-5-8-15(19-13)6-1-2-7-15/h12-13H,1-11H2,(H3,16,17). The van der Waals surface area contributed by atoms with Crippen molar-refractivity contribution in [3.8, 4) is 0 Å². The summed E-state index contributed by atoms with van der Waals surface area (Å²) in [6.45, 7) is 3.16. The van der Waals surface area contributed by atoms with Gasteiger partial charge in [0.1, 0.15) is 0 Å². The van der Waals surface area contributed by atoms with Gasteiger partial charge in [0.05, 0.1) is 17.5 Å². The van der Waals surface area contributed by atoms with Crippen LogP contribution < -0.4 is 5.73 Å². The zero-order valence-electron chi connectivity index (χ0n) is 11.9. The third kappa shape index (κ3) is 2.95. The molecule has 1 spiro atoms. The van der Waals surface area contributed by atoms with E-state index in [2.05, 4.69) is 4.90 Å². The Morgan fingerprint density at radius 3 is 2.74 bits per heavy atom. The van der Waals surface area contributed by atoms with E-state index >= 15 is 0 Å². The van der Waals surface area contributed by atoms with Gasteiger partial charge >= 0.3 is 0 Å². The molecule has 3 rings (SSSR count). The van der Waals surface area contributed by atoms with Crippen molar-refractivity contribution < 1.29 is 4.74 Å². The molecule has 3 aliphatic rings. The molecule has 0 aromatic rings. The average molecular weight is 265 g/mol. The van der Waals surface area contributed by atoms with E-state index < -0.39 is 0 Å². The summed E-state index contributed by atoms with van der Waals surface area (Å²) in [5, 5.41) is 7.61. The van der Waals surface area contributed by atoms with Crippen LogP contribution in [0.4, 0.5) is 0 Å². The molecular weight excluding hydrogens is 238 g/mol. The molecule has 4 nitrogen and oxygen atoms in total. The highest BCUT2D eigenvalue weighted by Gasteiger charge is 2.42. The van der Waals surface area contributed by atoms with Crippen LogP contribution in [0.3, 0.4) is 0 Å². The maximum Gasteiger partial charge on any atom is 0.0949 e. The van der Waals surface area contributed by atoms with E-state index in [1.807, 2.05) is 0 Å². The minimum Gasteiger partial charge on any atom is -0.387 e. The van der Waals surface area contributed by atoms with E-state index in [1.165, 1.54) is 44.9 Å². The Morgan fingerprint density at radius 1 is 1.21 bits per heavy atom. The van der Waals surface area contributed by atoms with Crippen LogP contribution in [0.1, 0.15) is 51.4 Å². The molecule has 0 bridgehead atoms. The van der Waals surface area contributed by atoms with E-state index in [4.69, 9.17) is 15.9 Å². The Hall–Kier alpha value is -0.610. The minimum absolute atomic E-state index is 0.250. The van der Waals surface area contributed by atoms with Gasteiger partial charge in [-0.15, -0.1) is 0 Å². The summed E-state index contributed by atoms with van der Waals surface area (Å²) in [5.74, 6) is 0.639. The van der Waals surface area contributed by atoms with Crippen molar-refractivity contribution in [2.24, 2.45) is 11.7 Å². The molecule has 3 fully saturated rings. The van der Waals surface area contributed by atoms with Crippen molar-refractivity contribution in [3.05, 3.63) is 0 Å². The van der Waals surface area contributed by atoms with Gasteiger partial charge in [-0.25, -0.2) is 0 Å². The molecule has 4 heteroatoms. The van der Waals surface area contributed by atoms with Crippen molar-refractivity contribution >= 4 is 5.84 Å². The fourth-order valence-electron chi connectivity index (χ4n) is 4.17. The third-order valence-corrected chi connectivity index (χ3v) is 5.26. The Balaban J connectivity index is 1.50. The van der Waals surface area contributed by atoms with Crippen LogP contribution in [0.5, 0.6) is 0 Å². The van der Waals surface area contributed by atoms with E-state index in [9.17, 15) is 0 Å². The lowest BCUT2D eigenvalue weighted by Crippen LogP contribution is -2.44. The van der Waals surface area contributed by atoms with E-state index in [-0.39, 0.29) is 11.5 Å². The second kappa shape index (κ2) is 5.41. The topological polar surface area (TPSA) is 62.3 Å². The normalized spacial score (nSPS) is 34.9. The SMILES string of the molecule is N=C(N)C1CCCN(CC2CCC3(CCCC3)O2)C1. The van der Waals surface area contributed by atoms with Crippen LogP contribution in [0, 0.1) is 11.3 Å². The quantitative estimate of drug-likeness (QED) is 0.607. The first-order valence-electron chi connectivity index (χ1n) is 7.91. The second-order valence-electron chi connectivity index (χ2n) is 6.72. The molecule has 19 heavy (non-hydrogen) atoms. The Bertz CT molecular complexity index is 338. The van der Waals surface area contributed by atoms with Crippen LogP contribution in [0.25, 0.3) is 0 Å². The average Bonchev–Trinajstić information content (AvgIpc) is 3.01. The van der Waals surface area contributed by atoms with Gasteiger partial charge in [0.2, 0.25) is 0 Å². The Morgan fingerprint density at radius 2 is 2.00 bits per heavy atom. The van der Waals surface area contributed by atoms with Crippen LogP contribution in [0.15, 0.2) is 0 Å². The molecule has 2 heterocycles.